The standard InChI is InChI=1S/C14H14ClN3O2/c15-12-4-1-11(2-5-12)3-6-13(19)17-9-10-18-14(20)7-8-16/h1-6H,7,9-10H2,(H,17,19)(H,18,20)/b6-3+. The van der Waals surface area contributed by atoms with Crippen molar-refractivity contribution in [1.82, 2.24) is 10.6 Å². The van der Waals surface area contributed by atoms with Gasteiger partial charge in [0.25, 0.3) is 0 Å². The number of rotatable bonds is 6. The Morgan fingerprint density at radius 3 is 2.50 bits per heavy atom. The van der Waals surface area contributed by atoms with Gasteiger partial charge in [-0.2, -0.15) is 5.26 Å². The number of hydrogen-bond acceptors (Lipinski definition) is 3. The van der Waals surface area contributed by atoms with E-state index in [1.165, 1.54) is 6.08 Å². The van der Waals surface area contributed by atoms with E-state index in [9.17, 15) is 9.59 Å². The van der Waals surface area contributed by atoms with Crippen molar-refractivity contribution in [2.75, 3.05) is 13.1 Å². The van der Waals surface area contributed by atoms with Crippen molar-refractivity contribution in [2.45, 2.75) is 6.42 Å². The van der Waals surface area contributed by atoms with Gasteiger partial charge in [0.2, 0.25) is 11.8 Å². The average molecular weight is 292 g/mol. The summed E-state index contributed by atoms with van der Waals surface area (Å²) in [4.78, 5) is 22.4. The minimum absolute atomic E-state index is 0.176. The molecule has 1 aromatic carbocycles. The quantitative estimate of drug-likeness (QED) is 0.615. The lowest BCUT2D eigenvalue weighted by molar-refractivity contribution is -0.120. The molecule has 0 aliphatic heterocycles. The van der Waals surface area contributed by atoms with Crippen molar-refractivity contribution < 1.29 is 9.59 Å². The van der Waals surface area contributed by atoms with Crippen molar-refractivity contribution in [3.63, 3.8) is 0 Å². The molecule has 0 radical (unpaired) electrons. The summed E-state index contributed by atoms with van der Waals surface area (Å²) in [5.74, 6) is -0.604. The lowest BCUT2D eigenvalue weighted by Gasteiger charge is -2.03. The van der Waals surface area contributed by atoms with Gasteiger partial charge in [0.1, 0.15) is 6.42 Å². The molecule has 2 amide bonds. The van der Waals surface area contributed by atoms with Gasteiger partial charge in [-0.05, 0) is 23.8 Å². The second-order valence-corrected chi connectivity index (χ2v) is 4.30. The summed E-state index contributed by atoms with van der Waals surface area (Å²) in [5, 5.41) is 14.0. The molecule has 0 unspecified atom stereocenters. The van der Waals surface area contributed by atoms with Gasteiger partial charge in [-0.25, -0.2) is 0 Å². The van der Waals surface area contributed by atoms with Gasteiger partial charge in [0, 0.05) is 24.2 Å². The van der Waals surface area contributed by atoms with Crippen LogP contribution in [0.3, 0.4) is 0 Å². The number of carbonyl (C=O) groups excluding carboxylic acids is 2. The van der Waals surface area contributed by atoms with E-state index < -0.39 is 0 Å². The van der Waals surface area contributed by atoms with Crippen LogP contribution in [0.5, 0.6) is 0 Å². The normalized spacial score (nSPS) is 10.0. The summed E-state index contributed by atoms with van der Waals surface area (Å²) in [7, 11) is 0. The van der Waals surface area contributed by atoms with Crippen molar-refractivity contribution in [2.24, 2.45) is 0 Å². The number of amides is 2. The summed E-state index contributed by atoms with van der Waals surface area (Å²) in [6.07, 6.45) is 2.89. The van der Waals surface area contributed by atoms with Crippen molar-refractivity contribution in [1.29, 1.82) is 5.26 Å². The molecule has 0 spiro atoms. The second kappa shape index (κ2) is 8.73. The van der Waals surface area contributed by atoms with Gasteiger partial charge >= 0.3 is 0 Å². The van der Waals surface area contributed by atoms with E-state index in [4.69, 9.17) is 16.9 Å². The number of nitrogens with one attached hydrogen (secondary N) is 2. The molecule has 5 nitrogen and oxygen atoms in total. The van der Waals surface area contributed by atoms with Crippen LogP contribution in [-0.4, -0.2) is 24.9 Å². The summed E-state index contributed by atoms with van der Waals surface area (Å²) in [6.45, 7) is 0.599. The smallest absolute Gasteiger partial charge is 0.244 e. The van der Waals surface area contributed by atoms with Crippen molar-refractivity contribution in [3.05, 3.63) is 40.9 Å². The molecule has 0 aromatic heterocycles. The van der Waals surface area contributed by atoms with E-state index in [-0.39, 0.29) is 18.2 Å². The minimum Gasteiger partial charge on any atom is -0.353 e. The molecule has 0 aliphatic rings. The molecule has 0 fully saturated rings. The lowest BCUT2D eigenvalue weighted by Crippen LogP contribution is -2.33. The fourth-order valence-electron chi connectivity index (χ4n) is 1.33. The van der Waals surface area contributed by atoms with Crippen LogP contribution < -0.4 is 10.6 Å². The molecule has 1 aromatic rings. The van der Waals surface area contributed by atoms with E-state index in [1.54, 1.807) is 36.4 Å². The molecule has 0 aliphatic carbocycles. The summed E-state index contributed by atoms with van der Waals surface area (Å²) < 4.78 is 0. The Balaban J connectivity index is 2.25. The Morgan fingerprint density at radius 1 is 1.20 bits per heavy atom. The molecule has 20 heavy (non-hydrogen) atoms. The van der Waals surface area contributed by atoms with Gasteiger partial charge in [0.15, 0.2) is 0 Å². The Labute approximate surface area is 122 Å². The molecule has 6 heteroatoms. The van der Waals surface area contributed by atoms with E-state index in [0.717, 1.165) is 5.56 Å². The van der Waals surface area contributed by atoms with Gasteiger partial charge in [-0.15, -0.1) is 0 Å². The van der Waals surface area contributed by atoms with Gasteiger partial charge in [-0.1, -0.05) is 23.7 Å². The Morgan fingerprint density at radius 2 is 1.85 bits per heavy atom. The predicted octanol–water partition coefficient (Wildman–Crippen LogP) is 1.50. The zero-order chi connectivity index (χ0) is 14.8. The first-order chi connectivity index (χ1) is 9.61. The lowest BCUT2D eigenvalue weighted by atomic mass is 10.2. The third-order valence-corrected chi connectivity index (χ3v) is 2.54. The largest absolute Gasteiger partial charge is 0.353 e. The van der Waals surface area contributed by atoms with Crippen LogP contribution in [0.4, 0.5) is 0 Å². The van der Waals surface area contributed by atoms with Crippen LogP contribution >= 0.6 is 11.6 Å². The van der Waals surface area contributed by atoms with Gasteiger partial charge in [0.05, 0.1) is 6.07 Å². The monoisotopic (exact) mass is 291 g/mol. The fraction of sp³-hybridized carbons (Fsp3) is 0.214. The zero-order valence-corrected chi connectivity index (χ0v) is 11.5. The molecule has 0 saturated carbocycles. The highest BCUT2D eigenvalue weighted by molar-refractivity contribution is 6.30. The van der Waals surface area contributed by atoms with Crippen molar-refractivity contribution in [3.8, 4) is 6.07 Å². The molecule has 0 heterocycles. The number of benzene rings is 1. The maximum absolute atomic E-state index is 11.5. The van der Waals surface area contributed by atoms with E-state index in [2.05, 4.69) is 10.6 Å². The van der Waals surface area contributed by atoms with Crippen LogP contribution in [0.2, 0.25) is 5.02 Å². The van der Waals surface area contributed by atoms with Crippen LogP contribution in [0.25, 0.3) is 6.08 Å². The fourth-order valence-corrected chi connectivity index (χ4v) is 1.45. The Kier molecular flexibility index (Phi) is 6.87. The first-order valence-electron chi connectivity index (χ1n) is 5.97. The maximum atomic E-state index is 11.5. The number of carbonyl (C=O) groups is 2. The summed E-state index contributed by atoms with van der Waals surface area (Å²) in [6, 6.07) is 8.82. The minimum atomic E-state index is -0.349. The van der Waals surface area contributed by atoms with Crippen LogP contribution in [-0.2, 0) is 9.59 Å². The zero-order valence-electron chi connectivity index (χ0n) is 10.7. The first-order valence-corrected chi connectivity index (χ1v) is 6.35. The molecule has 1 rings (SSSR count). The van der Waals surface area contributed by atoms with E-state index >= 15 is 0 Å². The Hall–Kier alpha value is -2.32. The van der Waals surface area contributed by atoms with Crippen LogP contribution in [0.15, 0.2) is 30.3 Å². The number of halogens is 1. The number of nitriles is 1. The second-order valence-electron chi connectivity index (χ2n) is 3.86. The average Bonchev–Trinajstić information content (AvgIpc) is 2.43. The molecular weight excluding hydrogens is 278 g/mol. The molecule has 0 atom stereocenters. The molecule has 0 saturated heterocycles. The van der Waals surface area contributed by atoms with E-state index in [1.807, 2.05) is 0 Å². The van der Waals surface area contributed by atoms with Crippen molar-refractivity contribution >= 4 is 29.5 Å². The van der Waals surface area contributed by atoms with Crippen LogP contribution in [0, 0.1) is 11.3 Å². The molecular formula is C14H14ClN3O2. The molecule has 0 bridgehead atoms. The van der Waals surface area contributed by atoms with E-state index in [0.29, 0.717) is 18.1 Å². The highest BCUT2D eigenvalue weighted by atomic mass is 35.5. The highest BCUT2D eigenvalue weighted by Crippen LogP contribution is 2.10. The Bertz CT molecular complexity index is 532. The molecule has 2 N–H and O–H groups in total. The first kappa shape index (κ1) is 15.7. The number of hydrogen-bond donors (Lipinski definition) is 2. The van der Waals surface area contributed by atoms with Gasteiger partial charge in [-0.3, -0.25) is 9.59 Å². The topological polar surface area (TPSA) is 82.0 Å². The molecule has 104 valence electrons. The SMILES string of the molecule is N#CCC(=O)NCCNC(=O)/C=C/c1ccc(Cl)cc1. The summed E-state index contributed by atoms with van der Waals surface area (Å²) in [5.41, 5.74) is 0.867. The van der Waals surface area contributed by atoms with Crippen LogP contribution in [0.1, 0.15) is 12.0 Å². The maximum Gasteiger partial charge on any atom is 0.244 e. The summed E-state index contributed by atoms with van der Waals surface area (Å²) >= 11 is 5.75. The third-order valence-electron chi connectivity index (χ3n) is 2.28. The predicted molar refractivity (Wildman–Crippen MR) is 76.7 cm³/mol. The highest BCUT2D eigenvalue weighted by Gasteiger charge is 1.99. The van der Waals surface area contributed by atoms with Gasteiger partial charge < -0.3 is 10.6 Å². The third kappa shape index (κ3) is 6.57. The number of nitrogens with zero attached hydrogens (tertiary/aromatic N) is 1.